The van der Waals surface area contributed by atoms with Crippen LogP contribution in [0.5, 0.6) is 0 Å². The van der Waals surface area contributed by atoms with Crippen molar-refractivity contribution in [2.45, 2.75) is 66.2 Å². The molecule has 2 nitrogen and oxygen atoms in total. The third-order valence-electron chi connectivity index (χ3n) is 5.67. The van der Waals surface area contributed by atoms with Gasteiger partial charge in [0.2, 0.25) is 0 Å². The minimum Gasteiger partial charge on any atom is -0.396 e. The summed E-state index contributed by atoms with van der Waals surface area (Å²) in [4.78, 5) is 0. The molecule has 0 atom stereocenters. The van der Waals surface area contributed by atoms with Crippen LogP contribution in [0.15, 0.2) is 30.3 Å². The highest BCUT2D eigenvalue weighted by Gasteiger charge is 2.19. The van der Waals surface area contributed by atoms with Crippen LogP contribution >= 0.6 is 0 Å². The summed E-state index contributed by atoms with van der Waals surface area (Å²) < 4.78 is 28.7. The van der Waals surface area contributed by atoms with Gasteiger partial charge in [-0.1, -0.05) is 58.1 Å². The van der Waals surface area contributed by atoms with Gasteiger partial charge < -0.3 is 5.73 Å². The quantitative estimate of drug-likeness (QED) is 0.534. The van der Waals surface area contributed by atoms with Crippen LogP contribution < -0.4 is 5.73 Å². The number of anilines is 1. The molecule has 0 aliphatic heterocycles. The maximum absolute atomic E-state index is 14.4. The Morgan fingerprint density at radius 1 is 1.13 bits per heavy atom. The molecule has 0 amide bonds. The Morgan fingerprint density at radius 2 is 1.80 bits per heavy atom. The predicted octanol–water partition coefficient (Wildman–Crippen LogP) is 7.46. The molecule has 2 N–H and O–H groups in total. The fourth-order valence-electron chi connectivity index (χ4n) is 3.94. The Balaban J connectivity index is 0.000000386. The Morgan fingerprint density at radius 3 is 2.33 bits per heavy atom. The van der Waals surface area contributed by atoms with Gasteiger partial charge in [0.05, 0.1) is 22.9 Å². The lowest BCUT2D eigenvalue weighted by molar-refractivity contribution is 0.385. The summed E-state index contributed by atoms with van der Waals surface area (Å²) in [6.45, 7) is 7.94. The van der Waals surface area contributed by atoms with E-state index in [-0.39, 0.29) is 11.3 Å². The number of allylic oxidation sites excluding steroid dienone is 1. The number of nitrogen functional groups attached to an aromatic ring is 1. The van der Waals surface area contributed by atoms with Crippen molar-refractivity contribution >= 4 is 11.3 Å². The van der Waals surface area contributed by atoms with Crippen LogP contribution in [0, 0.1) is 42.7 Å². The smallest absolute Gasteiger partial charge is 0.156 e. The molecule has 0 heterocycles. The lowest BCUT2D eigenvalue weighted by Gasteiger charge is -2.15. The topological polar surface area (TPSA) is 49.8 Å². The Labute approximate surface area is 179 Å². The van der Waals surface area contributed by atoms with Gasteiger partial charge in [0.15, 0.2) is 5.82 Å². The Bertz CT molecular complexity index is 948. The second kappa shape index (κ2) is 10.9. The maximum Gasteiger partial charge on any atom is 0.156 e. The summed E-state index contributed by atoms with van der Waals surface area (Å²) in [7, 11) is 0. The van der Waals surface area contributed by atoms with E-state index in [9.17, 15) is 14.0 Å². The fraction of sp³-hybridized carbons (Fsp3) is 0.423. The molecule has 2 aromatic rings. The van der Waals surface area contributed by atoms with Gasteiger partial charge in [0.1, 0.15) is 5.82 Å². The zero-order valence-electron chi connectivity index (χ0n) is 18.5. The molecule has 3 rings (SSSR count). The first-order chi connectivity index (χ1) is 14.3. The van der Waals surface area contributed by atoms with Crippen LogP contribution in [-0.4, -0.2) is 0 Å². The highest BCUT2D eigenvalue weighted by atomic mass is 19.1. The average molecular weight is 411 g/mol. The normalized spacial score (nSPS) is 14.6. The van der Waals surface area contributed by atoms with Crippen LogP contribution in [0.25, 0.3) is 5.57 Å². The van der Waals surface area contributed by atoms with E-state index in [1.165, 1.54) is 38.2 Å². The van der Waals surface area contributed by atoms with Gasteiger partial charge in [-0.25, -0.2) is 8.78 Å². The lowest BCUT2D eigenvalue weighted by Crippen LogP contribution is -2.03. The number of nitrogens with zero attached hydrogens (tertiary/aromatic N) is 1. The Hall–Kier alpha value is -2.67. The van der Waals surface area contributed by atoms with Crippen LogP contribution in [0.4, 0.5) is 14.5 Å². The van der Waals surface area contributed by atoms with E-state index in [4.69, 9.17) is 5.73 Å². The van der Waals surface area contributed by atoms with Gasteiger partial charge in [0, 0.05) is 0 Å². The van der Waals surface area contributed by atoms with Gasteiger partial charge in [-0.15, -0.1) is 0 Å². The third kappa shape index (κ3) is 5.69. The van der Waals surface area contributed by atoms with Gasteiger partial charge in [-0.3, -0.25) is 0 Å². The van der Waals surface area contributed by atoms with Crippen LogP contribution in [0.2, 0.25) is 0 Å². The van der Waals surface area contributed by atoms with Crippen molar-refractivity contribution < 1.29 is 8.78 Å². The minimum atomic E-state index is -0.775. The van der Waals surface area contributed by atoms with Crippen LogP contribution in [0.3, 0.4) is 0 Å². The molecule has 0 radical (unpaired) electrons. The zero-order valence-corrected chi connectivity index (χ0v) is 18.5. The number of hydrogen-bond acceptors (Lipinski definition) is 2. The summed E-state index contributed by atoms with van der Waals surface area (Å²) in [5.74, 6) is -0.410. The summed E-state index contributed by atoms with van der Waals surface area (Å²) in [5, 5.41) is 9.23. The van der Waals surface area contributed by atoms with Crippen molar-refractivity contribution in [3.05, 3.63) is 69.8 Å². The van der Waals surface area contributed by atoms with E-state index in [1.807, 2.05) is 26.8 Å². The van der Waals surface area contributed by atoms with Gasteiger partial charge >= 0.3 is 0 Å². The SMILES string of the molecule is CC/C=C(\c1cc(C#N)c(C)cc1C)c1c(F)ccc(N)c1F.CC1CCCCC1. The van der Waals surface area contributed by atoms with Crippen LogP contribution in [-0.2, 0) is 0 Å². The largest absolute Gasteiger partial charge is 0.396 e. The van der Waals surface area contributed by atoms with Crippen molar-refractivity contribution in [3.8, 4) is 6.07 Å². The third-order valence-corrected chi connectivity index (χ3v) is 5.67. The van der Waals surface area contributed by atoms with E-state index < -0.39 is 11.6 Å². The zero-order chi connectivity index (χ0) is 22.3. The number of nitriles is 1. The molecule has 4 heteroatoms. The van der Waals surface area contributed by atoms with E-state index in [0.717, 1.165) is 23.1 Å². The number of hydrogen-bond donors (Lipinski definition) is 1. The first-order valence-electron chi connectivity index (χ1n) is 10.8. The molecule has 160 valence electrons. The fourth-order valence-corrected chi connectivity index (χ4v) is 3.94. The lowest BCUT2D eigenvalue weighted by atomic mass is 9.90. The molecular weight excluding hydrogens is 378 g/mol. The number of halogens is 2. The first-order valence-corrected chi connectivity index (χ1v) is 10.8. The average Bonchev–Trinajstić information content (AvgIpc) is 2.72. The molecule has 1 saturated carbocycles. The maximum atomic E-state index is 14.4. The molecule has 30 heavy (non-hydrogen) atoms. The van der Waals surface area contributed by atoms with Crippen molar-refractivity contribution in [1.82, 2.24) is 0 Å². The molecule has 0 saturated heterocycles. The number of nitrogens with two attached hydrogens (primary N) is 1. The highest BCUT2D eigenvalue weighted by Crippen LogP contribution is 2.33. The number of rotatable bonds is 3. The van der Waals surface area contributed by atoms with Crippen LogP contribution in [0.1, 0.15) is 80.2 Å². The number of benzene rings is 2. The standard InChI is InChI=1S/C19H18F2N2.C7H14/c1-4-5-14(18-16(20)6-7-17(23)19(18)21)15-9-13(10-22)11(2)8-12(15)3;1-7-5-3-2-4-6-7/h5-9H,4,23H2,1-3H3;7H,2-6H2,1H3/b14-5+;. The van der Waals surface area contributed by atoms with Crippen molar-refractivity contribution in [2.75, 3.05) is 5.73 Å². The molecule has 0 spiro atoms. The Kier molecular flexibility index (Phi) is 8.59. The molecule has 2 aromatic carbocycles. The van der Waals surface area contributed by atoms with E-state index in [0.29, 0.717) is 23.1 Å². The second-order valence-electron chi connectivity index (χ2n) is 8.19. The highest BCUT2D eigenvalue weighted by molar-refractivity contribution is 5.84. The van der Waals surface area contributed by atoms with Gasteiger partial charge in [-0.2, -0.15) is 5.26 Å². The van der Waals surface area contributed by atoms with E-state index in [1.54, 1.807) is 12.1 Å². The molecule has 0 aromatic heterocycles. The van der Waals surface area contributed by atoms with E-state index in [2.05, 4.69) is 13.0 Å². The predicted molar refractivity (Wildman–Crippen MR) is 121 cm³/mol. The molecule has 0 bridgehead atoms. The number of aryl methyl sites for hydroxylation is 2. The van der Waals surface area contributed by atoms with Crippen molar-refractivity contribution in [2.24, 2.45) is 5.92 Å². The van der Waals surface area contributed by atoms with Gasteiger partial charge in [0.25, 0.3) is 0 Å². The minimum absolute atomic E-state index is 0.103. The molecular formula is C26H32F2N2. The second-order valence-corrected chi connectivity index (χ2v) is 8.19. The monoisotopic (exact) mass is 410 g/mol. The summed E-state index contributed by atoms with van der Waals surface area (Å²) in [6, 6.07) is 8.00. The summed E-state index contributed by atoms with van der Waals surface area (Å²) >= 11 is 0. The van der Waals surface area contributed by atoms with Crippen molar-refractivity contribution in [1.29, 1.82) is 5.26 Å². The van der Waals surface area contributed by atoms with Gasteiger partial charge in [-0.05, 0) is 66.6 Å². The molecule has 1 fully saturated rings. The molecule has 0 unspecified atom stereocenters. The van der Waals surface area contributed by atoms with Crippen molar-refractivity contribution in [3.63, 3.8) is 0 Å². The summed E-state index contributed by atoms with van der Waals surface area (Å²) in [6.07, 6.45) is 9.78. The first kappa shape index (κ1) is 23.6. The van der Waals surface area contributed by atoms with E-state index >= 15 is 0 Å². The molecule has 1 aliphatic rings. The summed E-state index contributed by atoms with van der Waals surface area (Å²) in [5.41, 5.74) is 8.57. The molecule has 1 aliphatic carbocycles.